The summed E-state index contributed by atoms with van der Waals surface area (Å²) >= 11 is 0. The summed E-state index contributed by atoms with van der Waals surface area (Å²) in [6.45, 7) is 2.03. The van der Waals surface area contributed by atoms with Crippen LogP contribution in [0.2, 0.25) is 0 Å². The van der Waals surface area contributed by atoms with Gasteiger partial charge in [-0.05, 0) is 18.6 Å². The van der Waals surface area contributed by atoms with Gasteiger partial charge in [0.15, 0.2) is 5.69 Å². The van der Waals surface area contributed by atoms with E-state index in [2.05, 4.69) is 15.3 Å². The van der Waals surface area contributed by atoms with E-state index in [-0.39, 0.29) is 12.2 Å². The second-order valence-electron chi connectivity index (χ2n) is 4.08. The van der Waals surface area contributed by atoms with E-state index in [0.29, 0.717) is 17.7 Å². The molecular formula is C12H14N4O3. The minimum atomic E-state index is -1.16. The van der Waals surface area contributed by atoms with Crippen LogP contribution in [0.3, 0.4) is 0 Å². The van der Waals surface area contributed by atoms with Gasteiger partial charge in [-0.3, -0.25) is 4.98 Å². The van der Waals surface area contributed by atoms with E-state index in [0.717, 1.165) is 0 Å². The number of aromatic nitrogens is 4. The van der Waals surface area contributed by atoms with E-state index < -0.39 is 12.1 Å². The number of pyridine rings is 1. The average molecular weight is 262 g/mol. The monoisotopic (exact) mass is 262 g/mol. The standard InChI is InChI=1S/C12H14N4O3/c1-2-9(17)7-16-11(8-4-3-5-13-6-8)10(12(18)19)14-15-16/h3-6,9,17H,2,7H2,1H3,(H,18,19). The smallest absolute Gasteiger partial charge is 0.358 e. The van der Waals surface area contributed by atoms with E-state index in [4.69, 9.17) is 5.11 Å². The first-order valence-corrected chi connectivity index (χ1v) is 5.88. The first kappa shape index (κ1) is 13.2. The summed E-state index contributed by atoms with van der Waals surface area (Å²) in [6, 6.07) is 3.43. The quantitative estimate of drug-likeness (QED) is 0.826. The molecule has 2 N–H and O–H groups in total. The fourth-order valence-electron chi connectivity index (χ4n) is 1.70. The SMILES string of the molecule is CCC(O)Cn1nnc(C(=O)O)c1-c1cccnc1. The number of hydrogen-bond acceptors (Lipinski definition) is 5. The Kier molecular flexibility index (Phi) is 3.86. The lowest BCUT2D eigenvalue weighted by Crippen LogP contribution is -2.17. The van der Waals surface area contributed by atoms with Crippen LogP contribution in [0, 0.1) is 0 Å². The van der Waals surface area contributed by atoms with Crippen LogP contribution >= 0.6 is 0 Å². The number of carboxylic acid groups (broad SMARTS) is 1. The molecule has 19 heavy (non-hydrogen) atoms. The van der Waals surface area contributed by atoms with Gasteiger partial charge in [0, 0.05) is 18.0 Å². The molecule has 7 nitrogen and oxygen atoms in total. The predicted octanol–water partition coefficient (Wildman–Crippen LogP) is 0.809. The van der Waals surface area contributed by atoms with Gasteiger partial charge in [-0.2, -0.15) is 0 Å². The van der Waals surface area contributed by atoms with Crippen LogP contribution in [0.4, 0.5) is 0 Å². The molecule has 0 saturated heterocycles. The van der Waals surface area contributed by atoms with Crippen molar-refractivity contribution < 1.29 is 15.0 Å². The lowest BCUT2D eigenvalue weighted by atomic mass is 10.1. The molecule has 1 atom stereocenters. The first-order chi connectivity index (χ1) is 9.13. The second-order valence-corrected chi connectivity index (χ2v) is 4.08. The van der Waals surface area contributed by atoms with Crippen molar-refractivity contribution in [1.29, 1.82) is 0 Å². The van der Waals surface area contributed by atoms with Gasteiger partial charge in [0.2, 0.25) is 0 Å². The number of carboxylic acids is 1. The summed E-state index contributed by atoms with van der Waals surface area (Å²) in [5.74, 6) is -1.16. The van der Waals surface area contributed by atoms with Gasteiger partial charge < -0.3 is 10.2 Å². The molecule has 2 aromatic rings. The molecule has 2 heterocycles. The van der Waals surface area contributed by atoms with Crippen LogP contribution in [0.1, 0.15) is 23.8 Å². The van der Waals surface area contributed by atoms with Crippen molar-refractivity contribution in [2.75, 3.05) is 0 Å². The molecule has 2 aromatic heterocycles. The summed E-state index contributed by atoms with van der Waals surface area (Å²) in [5.41, 5.74) is 0.817. The van der Waals surface area contributed by atoms with Crippen LogP contribution < -0.4 is 0 Å². The molecule has 0 spiro atoms. The van der Waals surface area contributed by atoms with Crippen LogP contribution in [0.5, 0.6) is 0 Å². The van der Waals surface area contributed by atoms with Crippen molar-refractivity contribution in [3.05, 3.63) is 30.2 Å². The van der Waals surface area contributed by atoms with Gasteiger partial charge in [-0.1, -0.05) is 12.1 Å². The molecule has 1 unspecified atom stereocenters. The fourth-order valence-corrected chi connectivity index (χ4v) is 1.70. The zero-order valence-electron chi connectivity index (χ0n) is 10.4. The predicted molar refractivity (Wildman–Crippen MR) is 66.5 cm³/mol. The zero-order valence-corrected chi connectivity index (χ0v) is 10.4. The van der Waals surface area contributed by atoms with Crippen molar-refractivity contribution in [2.45, 2.75) is 26.0 Å². The third kappa shape index (κ3) is 2.76. The molecule has 0 aromatic carbocycles. The highest BCUT2D eigenvalue weighted by molar-refractivity contribution is 5.92. The third-order valence-corrected chi connectivity index (χ3v) is 2.73. The number of hydrogen-bond donors (Lipinski definition) is 2. The maximum absolute atomic E-state index is 11.2. The Morgan fingerprint density at radius 1 is 1.53 bits per heavy atom. The Bertz CT molecular complexity index is 568. The summed E-state index contributed by atoms with van der Waals surface area (Å²) < 4.78 is 1.40. The number of nitrogens with zero attached hydrogens (tertiary/aromatic N) is 4. The highest BCUT2D eigenvalue weighted by atomic mass is 16.4. The highest BCUT2D eigenvalue weighted by Gasteiger charge is 2.21. The molecular weight excluding hydrogens is 248 g/mol. The average Bonchev–Trinajstić information content (AvgIpc) is 2.83. The summed E-state index contributed by atoms with van der Waals surface area (Å²) in [7, 11) is 0. The molecule has 0 radical (unpaired) electrons. The zero-order chi connectivity index (χ0) is 13.8. The number of aromatic carboxylic acids is 1. The van der Waals surface area contributed by atoms with E-state index >= 15 is 0 Å². The van der Waals surface area contributed by atoms with Crippen LogP contribution in [0.15, 0.2) is 24.5 Å². The van der Waals surface area contributed by atoms with Gasteiger partial charge in [-0.15, -0.1) is 5.10 Å². The molecule has 0 fully saturated rings. The summed E-state index contributed by atoms with van der Waals surface area (Å²) in [5, 5.41) is 26.3. The molecule has 0 aliphatic heterocycles. The van der Waals surface area contributed by atoms with Gasteiger partial charge in [0.1, 0.15) is 5.69 Å². The topological polar surface area (TPSA) is 101 Å². The third-order valence-electron chi connectivity index (χ3n) is 2.73. The van der Waals surface area contributed by atoms with Crippen molar-refractivity contribution in [3.63, 3.8) is 0 Å². The van der Waals surface area contributed by atoms with Gasteiger partial charge in [-0.25, -0.2) is 9.48 Å². The molecule has 7 heteroatoms. The number of aliphatic hydroxyl groups excluding tert-OH is 1. The maximum Gasteiger partial charge on any atom is 0.358 e. The van der Waals surface area contributed by atoms with Crippen LogP contribution in [-0.4, -0.2) is 42.3 Å². The molecule has 0 aliphatic carbocycles. The summed E-state index contributed by atoms with van der Waals surface area (Å²) in [4.78, 5) is 15.1. The normalized spacial score (nSPS) is 12.3. The maximum atomic E-state index is 11.2. The lowest BCUT2D eigenvalue weighted by Gasteiger charge is -2.10. The highest BCUT2D eigenvalue weighted by Crippen LogP contribution is 2.21. The minimum Gasteiger partial charge on any atom is -0.476 e. The molecule has 2 rings (SSSR count). The Morgan fingerprint density at radius 3 is 2.89 bits per heavy atom. The van der Waals surface area contributed by atoms with E-state index in [1.54, 1.807) is 24.5 Å². The fraction of sp³-hybridized carbons (Fsp3) is 0.333. The van der Waals surface area contributed by atoms with Crippen LogP contribution in [0.25, 0.3) is 11.3 Å². The molecule has 0 aliphatic rings. The van der Waals surface area contributed by atoms with Gasteiger partial charge >= 0.3 is 5.97 Å². The van der Waals surface area contributed by atoms with Crippen molar-refractivity contribution in [2.24, 2.45) is 0 Å². The lowest BCUT2D eigenvalue weighted by molar-refractivity contribution is 0.0691. The van der Waals surface area contributed by atoms with E-state index in [1.807, 2.05) is 6.92 Å². The minimum absolute atomic E-state index is 0.142. The first-order valence-electron chi connectivity index (χ1n) is 5.88. The summed E-state index contributed by atoms with van der Waals surface area (Å²) in [6.07, 6.45) is 3.09. The van der Waals surface area contributed by atoms with Crippen molar-refractivity contribution in [3.8, 4) is 11.3 Å². The molecule has 0 saturated carbocycles. The molecule has 100 valence electrons. The van der Waals surface area contributed by atoms with Gasteiger partial charge in [0.25, 0.3) is 0 Å². The van der Waals surface area contributed by atoms with Crippen LogP contribution in [-0.2, 0) is 6.54 Å². The number of rotatable bonds is 5. The number of carbonyl (C=O) groups is 1. The molecule has 0 bridgehead atoms. The Balaban J connectivity index is 2.48. The molecule has 0 amide bonds. The Hall–Kier alpha value is -2.28. The van der Waals surface area contributed by atoms with Gasteiger partial charge in [0.05, 0.1) is 12.6 Å². The van der Waals surface area contributed by atoms with E-state index in [1.165, 1.54) is 4.68 Å². The van der Waals surface area contributed by atoms with E-state index in [9.17, 15) is 9.90 Å². The Labute approximate surface area is 109 Å². The number of aliphatic hydroxyl groups is 1. The van der Waals surface area contributed by atoms with Crippen molar-refractivity contribution >= 4 is 5.97 Å². The van der Waals surface area contributed by atoms with Crippen molar-refractivity contribution in [1.82, 2.24) is 20.0 Å². The Morgan fingerprint density at radius 2 is 2.32 bits per heavy atom. The largest absolute Gasteiger partial charge is 0.476 e. The second kappa shape index (κ2) is 5.57.